The van der Waals surface area contributed by atoms with Crippen molar-refractivity contribution in [2.45, 2.75) is 12.5 Å². The Balaban J connectivity index is 2.06. The number of pyridine rings is 1. The monoisotopic (exact) mass is 269 g/mol. The summed E-state index contributed by atoms with van der Waals surface area (Å²) in [7, 11) is 0. The molecular formula is C13H10ClF2NO. The van der Waals surface area contributed by atoms with Crippen LogP contribution in [-0.2, 0) is 12.5 Å². The Bertz CT molecular complexity index is 511. The standard InChI is InChI=1S/C13H10ClF2NO/c14-6-9-4-5-10(7-17-9)18-8-11-12(15)2-1-3-13(11)16/h1-5,7H,6,8H2. The summed E-state index contributed by atoms with van der Waals surface area (Å²) in [4.78, 5) is 4.01. The zero-order valence-electron chi connectivity index (χ0n) is 9.37. The second-order valence-corrected chi connectivity index (χ2v) is 3.88. The van der Waals surface area contributed by atoms with Crippen LogP contribution in [0.15, 0.2) is 36.5 Å². The molecule has 0 bridgehead atoms. The molecule has 0 saturated carbocycles. The molecule has 18 heavy (non-hydrogen) atoms. The molecule has 0 saturated heterocycles. The van der Waals surface area contributed by atoms with Crippen LogP contribution in [0, 0.1) is 11.6 Å². The van der Waals surface area contributed by atoms with E-state index in [2.05, 4.69) is 4.98 Å². The molecule has 0 aliphatic heterocycles. The van der Waals surface area contributed by atoms with E-state index in [1.165, 1.54) is 24.4 Å². The lowest BCUT2D eigenvalue weighted by Crippen LogP contribution is -2.02. The maximum Gasteiger partial charge on any atom is 0.138 e. The molecule has 0 radical (unpaired) electrons. The van der Waals surface area contributed by atoms with E-state index in [1.54, 1.807) is 12.1 Å². The second kappa shape index (κ2) is 5.78. The fourth-order valence-corrected chi connectivity index (χ4v) is 1.56. The van der Waals surface area contributed by atoms with Crippen molar-refractivity contribution in [1.82, 2.24) is 4.98 Å². The minimum absolute atomic E-state index is 0.0982. The van der Waals surface area contributed by atoms with Gasteiger partial charge in [0.1, 0.15) is 24.0 Å². The number of aromatic nitrogens is 1. The fraction of sp³-hybridized carbons (Fsp3) is 0.154. The van der Waals surface area contributed by atoms with Gasteiger partial charge in [0.25, 0.3) is 0 Å². The number of nitrogens with zero attached hydrogens (tertiary/aromatic N) is 1. The highest BCUT2D eigenvalue weighted by molar-refractivity contribution is 6.16. The molecule has 94 valence electrons. The van der Waals surface area contributed by atoms with E-state index in [-0.39, 0.29) is 12.2 Å². The number of benzene rings is 1. The molecule has 0 N–H and O–H groups in total. The maximum absolute atomic E-state index is 13.3. The van der Waals surface area contributed by atoms with E-state index in [9.17, 15) is 8.78 Å². The summed E-state index contributed by atoms with van der Waals surface area (Å²) in [6.07, 6.45) is 1.47. The van der Waals surface area contributed by atoms with Crippen molar-refractivity contribution in [2.75, 3.05) is 0 Å². The first-order chi connectivity index (χ1) is 8.70. The molecule has 5 heteroatoms. The highest BCUT2D eigenvalue weighted by Crippen LogP contribution is 2.16. The van der Waals surface area contributed by atoms with Crippen molar-refractivity contribution in [1.29, 1.82) is 0 Å². The number of rotatable bonds is 4. The van der Waals surface area contributed by atoms with Crippen LogP contribution in [0.3, 0.4) is 0 Å². The first kappa shape index (κ1) is 12.8. The van der Waals surface area contributed by atoms with Gasteiger partial charge in [-0.3, -0.25) is 4.98 Å². The zero-order valence-corrected chi connectivity index (χ0v) is 10.1. The lowest BCUT2D eigenvalue weighted by Gasteiger charge is -2.08. The summed E-state index contributed by atoms with van der Waals surface area (Å²) < 4.78 is 31.9. The van der Waals surface area contributed by atoms with Crippen molar-refractivity contribution in [2.24, 2.45) is 0 Å². The third kappa shape index (κ3) is 2.96. The Labute approximate surface area is 108 Å². The predicted molar refractivity (Wildman–Crippen MR) is 64.5 cm³/mol. The molecular weight excluding hydrogens is 260 g/mol. The van der Waals surface area contributed by atoms with Gasteiger partial charge < -0.3 is 4.74 Å². The average molecular weight is 270 g/mol. The molecule has 0 atom stereocenters. The molecule has 1 aromatic heterocycles. The van der Waals surface area contributed by atoms with Crippen LogP contribution in [0.5, 0.6) is 5.75 Å². The second-order valence-electron chi connectivity index (χ2n) is 3.61. The lowest BCUT2D eigenvalue weighted by molar-refractivity contribution is 0.291. The largest absolute Gasteiger partial charge is 0.487 e. The first-order valence-corrected chi connectivity index (χ1v) is 5.80. The van der Waals surface area contributed by atoms with Crippen molar-refractivity contribution < 1.29 is 13.5 Å². The van der Waals surface area contributed by atoms with Gasteiger partial charge >= 0.3 is 0 Å². The molecule has 2 nitrogen and oxygen atoms in total. The van der Waals surface area contributed by atoms with Crippen molar-refractivity contribution in [3.8, 4) is 5.75 Å². The summed E-state index contributed by atoms with van der Waals surface area (Å²) in [5.41, 5.74) is 0.611. The van der Waals surface area contributed by atoms with Crippen LogP contribution in [0.2, 0.25) is 0 Å². The summed E-state index contributed by atoms with van der Waals surface area (Å²) in [6, 6.07) is 7.04. The normalized spacial score (nSPS) is 10.4. The molecule has 2 rings (SSSR count). The van der Waals surface area contributed by atoms with Crippen LogP contribution in [0.1, 0.15) is 11.3 Å². The quantitative estimate of drug-likeness (QED) is 0.790. The van der Waals surface area contributed by atoms with Crippen LogP contribution in [0.4, 0.5) is 8.78 Å². The van der Waals surface area contributed by atoms with Gasteiger partial charge in [0.2, 0.25) is 0 Å². The van der Waals surface area contributed by atoms with E-state index >= 15 is 0 Å². The third-order valence-electron chi connectivity index (χ3n) is 2.38. The van der Waals surface area contributed by atoms with Crippen molar-refractivity contribution in [3.05, 3.63) is 59.4 Å². The number of alkyl halides is 1. The van der Waals surface area contributed by atoms with E-state index in [4.69, 9.17) is 16.3 Å². The summed E-state index contributed by atoms with van der Waals surface area (Å²) in [5.74, 6) is -0.505. The van der Waals surface area contributed by atoms with E-state index in [1.807, 2.05) is 0 Å². The molecule has 2 aromatic rings. The topological polar surface area (TPSA) is 22.1 Å². The van der Waals surface area contributed by atoms with Crippen molar-refractivity contribution >= 4 is 11.6 Å². The molecule has 0 aliphatic carbocycles. The SMILES string of the molecule is Fc1cccc(F)c1COc1ccc(CCl)nc1. The smallest absolute Gasteiger partial charge is 0.138 e. The van der Waals surface area contributed by atoms with Crippen LogP contribution in [0.25, 0.3) is 0 Å². The van der Waals surface area contributed by atoms with Gasteiger partial charge in [-0.25, -0.2) is 8.78 Å². The molecule has 0 amide bonds. The van der Waals surface area contributed by atoms with Crippen LogP contribution < -0.4 is 4.74 Å². The van der Waals surface area contributed by atoms with Gasteiger partial charge in [-0.1, -0.05) is 6.07 Å². The Morgan fingerprint density at radius 3 is 2.39 bits per heavy atom. The molecule has 0 unspecified atom stereocenters. The fourth-order valence-electron chi connectivity index (χ4n) is 1.40. The Kier molecular flexibility index (Phi) is 4.10. The number of hydrogen-bond donors (Lipinski definition) is 0. The highest BCUT2D eigenvalue weighted by atomic mass is 35.5. The molecule has 0 spiro atoms. The molecule has 1 aromatic carbocycles. The van der Waals surface area contributed by atoms with E-state index in [0.717, 1.165) is 0 Å². The summed E-state index contributed by atoms with van der Waals surface area (Å²) >= 11 is 5.59. The predicted octanol–water partition coefficient (Wildman–Crippen LogP) is 3.68. The minimum atomic E-state index is -0.625. The molecule has 1 heterocycles. The van der Waals surface area contributed by atoms with Gasteiger partial charge in [0, 0.05) is 0 Å². The summed E-state index contributed by atoms with van der Waals surface area (Å²) in [5, 5.41) is 0. The molecule has 0 aliphatic rings. The first-order valence-electron chi connectivity index (χ1n) is 5.27. The van der Waals surface area contributed by atoms with E-state index in [0.29, 0.717) is 17.3 Å². The van der Waals surface area contributed by atoms with Gasteiger partial charge in [0.05, 0.1) is 23.3 Å². The van der Waals surface area contributed by atoms with Crippen molar-refractivity contribution in [3.63, 3.8) is 0 Å². The van der Waals surface area contributed by atoms with Gasteiger partial charge in [-0.15, -0.1) is 11.6 Å². The number of halogens is 3. The Hall–Kier alpha value is -1.68. The van der Waals surface area contributed by atoms with Gasteiger partial charge in [0.15, 0.2) is 0 Å². The highest BCUT2D eigenvalue weighted by Gasteiger charge is 2.08. The van der Waals surface area contributed by atoms with Gasteiger partial charge in [-0.2, -0.15) is 0 Å². The summed E-state index contributed by atoms with van der Waals surface area (Å²) in [6.45, 7) is -0.180. The third-order valence-corrected chi connectivity index (χ3v) is 2.65. The Morgan fingerprint density at radius 2 is 1.83 bits per heavy atom. The van der Waals surface area contributed by atoms with Gasteiger partial charge in [-0.05, 0) is 24.3 Å². The minimum Gasteiger partial charge on any atom is -0.487 e. The van der Waals surface area contributed by atoms with E-state index < -0.39 is 11.6 Å². The van der Waals surface area contributed by atoms with Crippen LogP contribution >= 0.6 is 11.6 Å². The lowest BCUT2D eigenvalue weighted by atomic mass is 10.2. The molecule has 0 fully saturated rings. The number of ether oxygens (including phenoxy) is 1. The number of hydrogen-bond acceptors (Lipinski definition) is 2. The maximum atomic E-state index is 13.3. The average Bonchev–Trinajstić information content (AvgIpc) is 2.39. The van der Waals surface area contributed by atoms with Crippen LogP contribution in [-0.4, -0.2) is 4.98 Å². The Morgan fingerprint density at radius 1 is 1.11 bits per heavy atom. The zero-order chi connectivity index (χ0) is 13.0.